The van der Waals surface area contributed by atoms with E-state index < -0.39 is 12.0 Å². The van der Waals surface area contributed by atoms with Crippen LogP contribution in [0.4, 0.5) is 21.5 Å². The molecule has 0 saturated heterocycles. The lowest BCUT2D eigenvalue weighted by Crippen LogP contribution is -2.13. The molecule has 3 aromatic heterocycles. The number of pyridine rings is 2. The van der Waals surface area contributed by atoms with Crippen LogP contribution >= 0.6 is 23.2 Å². The first-order valence-corrected chi connectivity index (χ1v) is 12.9. The highest BCUT2D eigenvalue weighted by Gasteiger charge is 2.27. The van der Waals surface area contributed by atoms with Crippen molar-refractivity contribution in [2.24, 2.45) is 0 Å². The van der Waals surface area contributed by atoms with Gasteiger partial charge in [-0.25, -0.2) is 9.67 Å². The van der Waals surface area contributed by atoms with E-state index in [1.807, 2.05) is 0 Å². The van der Waals surface area contributed by atoms with Crippen molar-refractivity contribution in [3.63, 3.8) is 0 Å². The van der Waals surface area contributed by atoms with Crippen molar-refractivity contribution in [1.82, 2.24) is 25.0 Å². The smallest absolute Gasteiger partial charge is 0.231 e. The maximum Gasteiger partial charge on any atom is 0.231 e. The molecule has 5 aromatic rings. The molecule has 196 valence electrons. The van der Waals surface area contributed by atoms with Crippen LogP contribution in [-0.2, 0) is 0 Å². The number of nitrogens with zero attached hydrogens (tertiary/aromatic N) is 7. The molecule has 0 aliphatic heterocycles. The topological polar surface area (TPSA) is 128 Å². The number of hydrogen-bond acceptors (Lipinski definition) is 8. The van der Waals surface area contributed by atoms with Gasteiger partial charge in [-0.15, -0.1) is 5.10 Å². The standard InChI is InChI=1S/C28H18Cl2FN9/c29-22-8-18(7-21-25(17(11-33)12-34-27(21)22)37-19-9-23(30)28(31)35-13-19)36-26(16-3-1-2-15(6-16)10-32)24-14-40(39-38-24)20-4-5-20/h1-3,6-9,12-14,20,26,36H,4-5H2,(H,34,37)/t26-/m0/s1/i26D. The Balaban J connectivity index is 1.49. The van der Waals surface area contributed by atoms with Crippen molar-refractivity contribution in [1.29, 1.82) is 10.5 Å². The van der Waals surface area contributed by atoms with Crippen LogP contribution in [0.3, 0.4) is 0 Å². The minimum atomic E-state index is -1.67. The van der Waals surface area contributed by atoms with E-state index in [4.69, 9.17) is 23.2 Å². The summed E-state index contributed by atoms with van der Waals surface area (Å²) in [5.41, 5.74) is 2.85. The van der Waals surface area contributed by atoms with Gasteiger partial charge < -0.3 is 10.6 Å². The molecule has 3 heterocycles. The van der Waals surface area contributed by atoms with Gasteiger partial charge in [0.15, 0.2) is 0 Å². The summed E-state index contributed by atoms with van der Waals surface area (Å²) in [6.45, 7) is 0. The number of hydrogen-bond donors (Lipinski definition) is 2. The monoisotopic (exact) mass is 570 g/mol. The molecule has 0 unspecified atom stereocenters. The van der Waals surface area contributed by atoms with Gasteiger partial charge in [0, 0.05) is 17.3 Å². The van der Waals surface area contributed by atoms with Crippen LogP contribution in [0.15, 0.2) is 61.1 Å². The van der Waals surface area contributed by atoms with E-state index in [2.05, 4.69) is 43.1 Å². The minimum absolute atomic E-state index is 0.190. The second-order valence-corrected chi connectivity index (χ2v) is 9.96. The van der Waals surface area contributed by atoms with E-state index in [1.54, 1.807) is 47.3 Å². The molecule has 1 saturated carbocycles. The molecule has 2 N–H and O–H groups in total. The normalized spacial score (nSPS) is 14.6. The van der Waals surface area contributed by atoms with E-state index in [0.29, 0.717) is 44.8 Å². The molecular weight excluding hydrogens is 552 g/mol. The lowest BCUT2D eigenvalue weighted by molar-refractivity contribution is 0.584. The predicted octanol–water partition coefficient (Wildman–Crippen LogP) is 6.69. The van der Waals surface area contributed by atoms with Gasteiger partial charge in [0.25, 0.3) is 0 Å². The van der Waals surface area contributed by atoms with Gasteiger partial charge in [-0.2, -0.15) is 14.9 Å². The minimum Gasteiger partial charge on any atom is -0.373 e. The van der Waals surface area contributed by atoms with Gasteiger partial charge in [-0.1, -0.05) is 40.5 Å². The molecule has 1 aliphatic carbocycles. The Labute approximate surface area is 239 Å². The average molecular weight is 571 g/mol. The molecule has 1 atom stereocenters. The summed E-state index contributed by atoms with van der Waals surface area (Å²) < 4.78 is 25.0. The van der Waals surface area contributed by atoms with E-state index in [-0.39, 0.29) is 21.7 Å². The third kappa shape index (κ3) is 4.98. The fourth-order valence-corrected chi connectivity index (χ4v) is 4.70. The number of rotatable bonds is 7. The number of nitriles is 2. The lowest BCUT2D eigenvalue weighted by atomic mass is 10.0. The van der Waals surface area contributed by atoms with Crippen LogP contribution in [0.1, 0.15) is 48.7 Å². The number of nitrogens with one attached hydrogen (secondary N) is 2. The molecule has 0 radical (unpaired) electrons. The summed E-state index contributed by atoms with van der Waals surface area (Å²) in [6, 6.07) is 14.2. The molecule has 9 nitrogen and oxygen atoms in total. The first-order chi connectivity index (χ1) is 19.8. The van der Waals surface area contributed by atoms with Crippen LogP contribution in [0.25, 0.3) is 10.9 Å². The third-order valence-corrected chi connectivity index (χ3v) is 6.90. The van der Waals surface area contributed by atoms with Crippen LogP contribution in [0, 0.1) is 28.6 Å². The van der Waals surface area contributed by atoms with E-state index in [0.717, 1.165) is 12.8 Å². The molecular formula is C28H18Cl2FN9. The van der Waals surface area contributed by atoms with E-state index in [1.165, 1.54) is 18.5 Å². The summed E-state index contributed by atoms with van der Waals surface area (Å²) in [4.78, 5) is 7.99. The second-order valence-electron chi connectivity index (χ2n) is 9.14. The summed E-state index contributed by atoms with van der Waals surface area (Å²) in [7, 11) is 0. The lowest BCUT2D eigenvalue weighted by Gasteiger charge is -2.20. The molecule has 12 heteroatoms. The predicted molar refractivity (Wildman–Crippen MR) is 149 cm³/mol. The van der Waals surface area contributed by atoms with Crippen LogP contribution in [0.2, 0.25) is 10.0 Å². The fourth-order valence-electron chi connectivity index (χ4n) is 4.27. The Kier molecular flexibility index (Phi) is 6.33. The SMILES string of the molecule is [2H][C@](Nc1cc(Cl)c2ncc(C#N)c(Nc3cnc(F)c(Cl)c3)c2c1)(c1cccc(C#N)c1)c1cn(C2CC2)nn1. The van der Waals surface area contributed by atoms with Crippen molar-refractivity contribution in [2.45, 2.75) is 24.9 Å². The number of benzene rings is 2. The maximum absolute atomic E-state index is 13.7. The van der Waals surface area contributed by atoms with Gasteiger partial charge in [0.05, 0.1) is 70.0 Å². The average Bonchev–Trinajstić information content (AvgIpc) is 3.70. The van der Waals surface area contributed by atoms with Gasteiger partial charge in [0.2, 0.25) is 5.95 Å². The molecule has 6 rings (SSSR count). The molecule has 2 aromatic carbocycles. The zero-order chi connectivity index (χ0) is 28.7. The number of fused-ring (bicyclic) bond motifs is 1. The summed E-state index contributed by atoms with van der Waals surface area (Å²) >= 11 is 12.6. The quantitative estimate of drug-likeness (QED) is 0.207. The Morgan fingerprint density at radius 3 is 2.62 bits per heavy atom. The van der Waals surface area contributed by atoms with Crippen LogP contribution in [-0.4, -0.2) is 25.0 Å². The zero-order valence-electron chi connectivity index (χ0n) is 21.5. The van der Waals surface area contributed by atoms with Crippen molar-refractivity contribution in [2.75, 3.05) is 10.6 Å². The molecule has 0 amide bonds. The largest absolute Gasteiger partial charge is 0.373 e. The van der Waals surface area contributed by atoms with Gasteiger partial charge >= 0.3 is 0 Å². The van der Waals surface area contributed by atoms with Crippen LogP contribution in [0.5, 0.6) is 0 Å². The van der Waals surface area contributed by atoms with Crippen molar-refractivity contribution in [3.05, 3.63) is 99.4 Å². The van der Waals surface area contributed by atoms with E-state index >= 15 is 0 Å². The first kappa shape index (κ1) is 24.3. The number of aromatic nitrogens is 5. The van der Waals surface area contributed by atoms with Crippen molar-refractivity contribution < 1.29 is 5.76 Å². The van der Waals surface area contributed by atoms with Crippen molar-refractivity contribution in [3.8, 4) is 12.1 Å². The molecule has 1 fully saturated rings. The van der Waals surface area contributed by atoms with Gasteiger partial charge in [-0.3, -0.25) is 4.98 Å². The molecule has 1 aliphatic rings. The molecule has 0 bridgehead atoms. The van der Waals surface area contributed by atoms with Gasteiger partial charge in [0.1, 0.15) is 11.8 Å². The zero-order valence-corrected chi connectivity index (χ0v) is 22.0. The van der Waals surface area contributed by atoms with Crippen molar-refractivity contribution >= 4 is 51.2 Å². The molecule has 40 heavy (non-hydrogen) atoms. The maximum atomic E-state index is 13.7. The highest BCUT2D eigenvalue weighted by atomic mass is 35.5. The Morgan fingerprint density at radius 2 is 1.88 bits per heavy atom. The third-order valence-electron chi connectivity index (χ3n) is 6.35. The summed E-state index contributed by atoms with van der Waals surface area (Å²) in [5, 5.41) is 34.7. The highest BCUT2D eigenvalue weighted by molar-refractivity contribution is 6.36. The van der Waals surface area contributed by atoms with Gasteiger partial charge in [-0.05, 0) is 48.7 Å². The Bertz CT molecular complexity index is 1910. The highest BCUT2D eigenvalue weighted by Crippen LogP contribution is 2.38. The van der Waals surface area contributed by atoms with E-state index in [9.17, 15) is 16.3 Å². The first-order valence-electron chi connectivity index (χ1n) is 12.6. The summed E-state index contributed by atoms with van der Waals surface area (Å²) in [5.74, 6) is -0.822. The molecule has 0 spiro atoms. The number of anilines is 3. The second kappa shape index (κ2) is 10.4. The Hall–Kier alpha value is -4.77. The fraction of sp³-hybridized carbons (Fsp3) is 0.143. The number of halogens is 3. The van der Waals surface area contributed by atoms with Crippen LogP contribution < -0.4 is 10.6 Å². The summed E-state index contributed by atoms with van der Waals surface area (Å²) in [6.07, 6.45) is 6.33. The Morgan fingerprint density at radius 1 is 1.05 bits per heavy atom.